The first-order chi connectivity index (χ1) is 10.5. The van der Waals surface area contributed by atoms with Crippen molar-refractivity contribution in [2.75, 3.05) is 4.31 Å². The van der Waals surface area contributed by atoms with Gasteiger partial charge >= 0.3 is 0 Å². The lowest BCUT2D eigenvalue weighted by atomic mass is 9.95. The van der Waals surface area contributed by atoms with Gasteiger partial charge < -0.3 is 0 Å². The van der Waals surface area contributed by atoms with Gasteiger partial charge in [0.05, 0.1) is 17.6 Å². The molecule has 0 aromatic carbocycles. The highest BCUT2D eigenvalue weighted by atomic mass is 32.2. The lowest BCUT2D eigenvalue weighted by Crippen LogP contribution is -2.41. The molecule has 0 bridgehead atoms. The fourth-order valence-corrected chi connectivity index (χ4v) is 5.67. The van der Waals surface area contributed by atoms with Crippen LogP contribution in [0.4, 0.5) is 5.69 Å². The lowest BCUT2D eigenvalue weighted by Gasteiger charge is -2.34. The number of aryl methyl sites for hydroxylation is 1. The molecule has 120 valence electrons. The van der Waals surface area contributed by atoms with Crippen LogP contribution in [0.25, 0.3) is 0 Å². The zero-order valence-corrected chi connectivity index (χ0v) is 14.5. The third-order valence-corrected chi connectivity index (χ3v) is 7.05. The summed E-state index contributed by atoms with van der Waals surface area (Å²) in [6.07, 6.45) is 6.69. The number of hydrogen-bond acceptors (Lipinski definition) is 4. The Balaban J connectivity index is 2.06. The predicted molar refractivity (Wildman–Crippen MR) is 88.8 cm³/mol. The fraction of sp³-hybridized carbons (Fsp3) is 0.533. The van der Waals surface area contributed by atoms with Crippen molar-refractivity contribution in [3.8, 4) is 0 Å². The Bertz CT molecular complexity index is 729. The maximum atomic E-state index is 13.2. The number of rotatable bonds is 4. The van der Waals surface area contributed by atoms with E-state index in [2.05, 4.69) is 5.10 Å². The molecule has 0 amide bonds. The molecule has 0 atom stereocenters. The van der Waals surface area contributed by atoms with E-state index in [0.717, 1.165) is 31.4 Å². The Morgan fingerprint density at radius 2 is 2.05 bits per heavy atom. The maximum Gasteiger partial charge on any atom is 0.268 e. The van der Waals surface area contributed by atoms with Crippen molar-refractivity contribution < 1.29 is 8.42 Å². The molecule has 0 aliphatic heterocycles. The summed E-state index contributed by atoms with van der Waals surface area (Å²) in [5.41, 5.74) is 1.45. The van der Waals surface area contributed by atoms with Crippen molar-refractivity contribution in [1.29, 1.82) is 0 Å². The van der Waals surface area contributed by atoms with Crippen LogP contribution in [0.3, 0.4) is 0 Å². The van der Waals surface area contributed by atoms with E-state index < -0.39 is 10.0 Å². The molecular weight excluding hydrogens is 318 g/mol. The minimum atomic E-state index is -3.58. The summed E-state index contributed by atoms with van der Waals surface area (Å²) in [4.78, 5) is 0.312. The Morgan fingerprint density at radius 3 is 2.59 bits per heavy atom. The number of aromatic nitrogens is 2. The van der Waals surface area contributed by atoms with Crippen LogP contribution < -0.4 is 4.31 Å². The molecule has 1 saturated carbocycles. The molecule has 2 aromatic heterocycles. The summed E-state index contributed by atoms with van der Waals surface area (Å²) in [5, 5.41) is 7.95. The quantitative estimate of drug-likeness (QED) is 0.858. The van der Waals surface area contributed by atoms with Crippen LogP contribution in [-0.4, -0.2) is 24.2 Å². The summed E-state index contributed by atoms with van der Waals surface area (Å²) in [6.45, 7) is 1.80. The van der Waals surface area contributed by atoms with E-state index in [1.165, 1.54) is 24.0 Å². The molecule has 22 heavy (non-hydrogen) atoms. The lowest BCUT2D eigenvalue weighted by molar-refractivity contribution is 0.438. The molecule has 0 N–H and O–H groups in total. The molecule has 0 unspecified atom stereocenters. The number of hydrogen-bond donors (Lipinski definition) is 0. The van der Waals surface area contributed by atoms with Crippen molar-refractivity contribution >= 4 is 27.0 Å². The largest absolute Gasteiger partial charge is 0.272 e. The van der Waals surface area contributed by atoms with E-state index in [0.29, 0.717) is 10.6 Å². The highest BCUT2D eigenvalue weighted by Gasteiger charge is 2.34. The van der Waals surface area contributed by atoms with E-state index in [4.69, 9.17) is 0 Å². The van der Waals surface area contributed by atoms with Crippen molar-refractivity contribution in [2.45, 2.75) is 50.0 Å². The van der Waals surface area contributed by atoms with E-state index in [-0.39, 0.29) is 6.04 Å². The standard InChI is InChI=1S/C15H21N3O2S2/c1-12-15(10-16-17(12)2)22(19,20)18(14-8-9-21-11-14)13-6-4-3-5-7-13/h8-11,13H,3-7H2,1-2H3. The Kier molecular flexibility index (Phi) is 4.27. The van der Waals surface area contributed by atoms with Crippen molar-refractivity contribution in [3.05, 3.63) is 28.7 Å². The van der Waals surface area contributed by atoms with Gasteiger partial charge in [-0.25, -0.2) is 8.42 Å². The van der Waals surface area contributed by atoms with Gasteiger partial charge in [-0.15, -0.1) is 0 Å². The monoisotopic (exact) mass is 339 g/mol. The predicted octanol–water partition coefficient (Wildman–Crippen LogP) is 3.32. The molecule has 3 rings (SSSR count). The second-order valence-corrected chi connectivity index (χ2v) is 8.36. The molecular formula is C15H21N3O2S2. The van der Waals surface area contributed by atoms with E-state index >= 15 is 0 Å². The van der Waals surface area contributed by atoms with Gasteiger partial charge in [0.2, 0.25) is 0 Å². The molecule has 0 radical (unpaired) electrons. The number of thiophene rings is 1. The highest BCUT2D eigenvalue weighted by molar-refractivity contribution is 7.93. The van der Waals surface area contributed by atoms with Crippen LogP contribution in [0.5, 0.6) is 0 Å². The zero-order chi connectivity index (χ0) is 15.7. The smallest absolute Gasteiger partial charge is 0.268 e. The maximum absolute atomic E-state index is 13.2. The highest BCUT2D eigenvalue weighted by Crippen LogP contribution is 2.34. The Morgan fingerprint density at radius 1 is 1.32 bits per heavy atom. The summed E-state index contributed by atoms with van der Waals surface area (Å²) >= 11 is 1.53. The van der Waals surface area contributed by atoms with Gasteiger partial charge in [-0.2, -0.15) is 16.4 Å². The van der Waals surface area contributed by atoms with Crippen molar-refractivity contribution in [1.82, 2.24) is 9.78 Å². The molecule has 5 nitrogen and oxygen atoms in total. The van der Waals surface area contributed by atoms with Gasteiger partial charge in [0, 0.05) is 18.5 Å². The first-order valence-corrected chi connectivity index (χ1v) is 9.95. The van der Waals surface area contributed by atoms with E-state index in [1.54, 1.807) is 23.0 Å². The average molecular weight is 339 g/mol. The Hall–Kier alpha value is -1.34. The minimum absolute atomic E-state index is 0.0490. The summed E-state index contributed by atoms with van der Waals surface area (Å²) in [5.74, 6) is 0. The third-order valence-electron chi connectivity index (χ3n) is 4.39. The second kappa shape index (κ2) is 6.04. The van der Waals surface area contributed by atoms with Crippen molar-refractivity contribution in [3.63, 3.8) is 0 Å². The zero-order valence-electron chi connectivity index (χ0n) is 12.9. The van der Waals surface area contributed by atoms with Gasteiger partial charge in [0.25, 0.3) is 10.0 Å². The fourth-order valence-electron chi connectivity index (χ4n) is 3.08. The number of sulfonamides is 1. The molecule has 0 saturated heterocycles. The normalized spacial score (nSPS) is 16.8. The molecule has 2 heterocycles. The molecule has 1 aliphatic carbocycles. The summed E-state index contributed by atoms with van der Waals surface area (Å²) in [6, 6.07) is 1.94. The van der Waals surface area contributed by atoms with Gasteiger partial charge in [-0.1, -0.05) is 19.3 Å². The van der Waals surface area contributed by atoms with E-state index in [9.17, 15) is 8.42 Å². The number of nitrogens with zero attached hydrogens (tertiary/aromatic N) is 3. The van der Waals surface area contributed by atoms with Crippen LogP contribution >= 0.6 is 11.3 Å². The summed E-state index contributed by atoms with van der Waals surface area (Å²) < 4.78 is 29.7. The van der Waals surface area contributed by atoms with Gasteiger partial charge in [-0.3, -0.25) is 8.99 Å². The van der Waals surface area contributed by atoms with Gasteiger partial charge in [0.15, 0.2) is 0 Å². The molecule has 0 spiro atoms. The number of anilines is 1. The second-order valence-electron chi connectivity index (χ2n) is 5.79. The Labute approximate surface area is 135 Å². The molecule has 1 aliphatic rings. The van der Waals surface area contributed by atoms with Crippen LogP contribution in [-0.2, 0) is 17.1 Å². The average Bonchev–Trinajstić information content (AvgIpc) is 3.12. The first kappa shape index (κ1) is 15.6. The van der Waals surface area contributed by atoms with Gasteiger partial charge in [0.1, 0.15) is 4.90 Å². The van der Waals surface area contributed by atoms with E-state index in [1.807, 2.05) is 16.8 Å². The summed E-state index contributed by atoms with van der Waals surface area (Å²) in [7, 11) is -1.81. The minimum Gasteiger partial charge on any atom is -0.272 e. The topological polar surface area (TPSA) is 55.2 Å². The molecule has 2 aromatic rings. The van der Waals surface area contributed by atoms with Crippen LogP contribution in [0, 0.1) is 6.92 Å². The third kappa shape index (κ3) is 2.67. The van der Waals surface area contributed by atoms with Crippen LogP contribution in [0.15, 0.2) is 27.9 Å². The first-order valence-electron chi connectivity index (χ1n) is 7.57. The molecule has 1 fully saturated rings. The molecule has 7 heteroatoms. The van der Waals surface area contributed by atoms with Crippen LogP contribution in [0.2, 0.25) is 0 Å². The van der Waals surface area contributed by atoms with Crippen molar-refractivity contribution in [2.24, 2.45) is 7.05 Å². The van der Waals surface area contributed by atoms with Crippen LogP contribution in [0.1, 0.15) is 37.8 Å². The SMILES string of the molecule is Cc1c(S(=O)(=O)N(c2ccsc2)C2CCCCC2)cnn1C. The van der Waals surface area contributed by atoms with Gasteiger partial charge in [-0.05, 0) is 31.2 Å².